The van der Waals surface area contributed by atoms with E-state index in [-0.39, 0.29) is 0 Å². The van der Waals surface area contributed by atoms with E-state index in [1.54, 1.807) is 6.20 Å². The minimum Gasteiger partial charge on any atom is -0.381 e. The van der Waals surface area contributed by atoms with Gasteiger partial charge in [-0.1, -0.05) is 12.1 Å². The second kappa shape index (κ2) is 11.9. The van der Waals surface area contributed by atoms with Gasteiger partial charge in [0, 0.05) is 81.6 Å². The third-order valence-corrected chi connectivity index (χ3v) is 7.86. The minimum atomic E-state index is -0.629. The number of aromatic nitrogens is 3. The summed E-state index contributed by atoms with van der Waals surface area (Å²) < 4.78 is 33.9. The molecule has 210 valence electrons. The van der Waals surface area contributed by atoms with E-state index < -0.39 is 11.6 Å². The lowest BCUT2D eigenvalue weighted by Crippen LogP contribution is -2.43. The first kappa shape index (κ1) is 26.6. The fourth-order valence-corrected chi connectivity index (χ4v) is 5.42. The Kier molecular flexibility index (Phi) is 7.90. The van der Waals surface area contributed by atoms with Gasteiger partial charge in [-0.2, -0.15) is 9.97 Å². The number of hydrogen-bond donors (Lipinski definition) is 3. The molecule has 2 aliphatic rings. The molecule has 0 unspecified atom stereocenters. The number of H-pyrrole nitrogens is 1. The largest absolute Gasteiger partial charge is 0.381 e. The quantitative estimate of drug-likeness (QED) is 0.279. The number of likely N-dealkylation sites (N-methyl/N-ethyl adjacent to an activating group) is 1. The molecule has 4 aromatic rings. The van der Waals surface area contributed by atoms with Crippen LogP contribution in [0.2, 0.25) is 0 Å². The Hall–Kier alpha value is -3.60. The van der Waals surface area contributed by atoms with Crippen LogP contribution in [0.4, 0.5) is 26.2 Å². The fraction of sp³-hybridized carbons (Fsp3) is 0.400. The number of anilines is 3. The van der Waals surface area contributed by atoms with E-state index in [1.165, 1.54) is 17.7 Å². The molecule has 2 fully saturated rings. The van der Waals surface area contributed by atoms with Crippen molar-refractivity contribution < 1.29 is 13.5 Å². The van der Waals surface area contributed by atoms with Crippen LogP contribution in [0.25, 0.3) is 22.2 Å². The third kappa shape index (κ3) is 6.09. The van der Waals surface area contributed by atoms with E-state index in [4.69, 9.17) is 14.7 Å². The lowest BCUT2D eigenvalue weighted by atomic mass is 10.0. The van der Waals surface area contributed by atoms with Gasteiger partial charge in [-0.15, -0.1) is 0 Å². The lowest BCUT2D eigenvalue weighted by molar-refractivity contribution is 0.0699. The molecule has 0 spiro atoms. The fourth-order valence-electron chi connectivity index (χ4n) is 5.42. The second-order valence-electron chi connectivity index (χ2n) is 10.8. The molecule has 0 atom stereocenters. The molecule has 10 heteroatoms. The van der Waals surface area contributed by atoms with E-state index in [2.05, 4.69) is 44.6 Å². The molecule has 8 nitrogen and oxygen atoms in total. The van der Waals surface area contributed by atoms with Crippen molar-refractivity contribution in [3.05, 3.63) is 65.9 Å². The van der Waals surface area contributed by atoms with Crippen LogP contribution in [0.5, 0.6) is 0 Å². The highest BCUT2D eigenvalue weighted by Gasteiger charge is 2.20. The predicted molar refractivity (Wildman–Crippen MR) is 154 cm³/mol. The summed E-state index contributed by atoms with van der Waals surface area (Å²) in [6.07, 6.45) is 3.64. The Labute approximate surface area is 232 Å². The van der Waals surface area contributed by atoms with Crippen molar-refractivity contribution >= 4 is 28.5 Å². The molecule has 4 heterocycles. The van der Waals surface area contributed by atoms with Gasteiger partial charge >= 0.3 is 0 Å². The highest BCUT2D eigenvalue weighted by atomic mass is 19.1. The maximum Gasteiger partial charge on any atom is 0.231 e. The molecular formula is C30H35F2N7O. The molecule has 0 amide bonds. The van der Waals surface area contributed by atoms with Gasteiger partial charge in [0.05, 0.1) is 5.39 Å². The van der Waals surface area contributed by atoms with E-state index in [0.717, 1.165) is 70.5 Å². The third-order valence-electron chi connectivity index (χ3n) is 7.86. The van der Waals surface area contributed by atoms with Crippen LogP contribution in [0.3, 0.4) is 0 Å². The standard InChI is InChI=1S/C30H35F2N7O/c1-38-10-12-39(13-11-38)19-21-2-5-23(6-3-21)35-30-36-28(33-17-20-8-14-40-15-9-20)27-25(18-34-29(27)37-30)24-7-4-22(31)16-26(24)32/h2-7,16,18,20H,8-15,17,19H2,1H3,(H3,33,34,35,36,37). The molecule has 0 saturated carbocycles. The zero-order valence-electron chi connectivity index (χ0n) is 22.7. The van der Waals surface area contributed by atoms with E-state index in [9.17, 15) is 8.78 Å². The Morgan fingerprint density at radius 3 is 2.50 bits per heavy atom. The first-order valence-corrected chi connectivity index (χ1v) is 13.9. The SMILES string of the molecule is CN1CCN(Cc2ccc(Nc3nc(NCC4CCOCC4)c4c(-c5ccc(F)cc5F)c[nH]c4n3)cc2)CC1. The number of hydrogen-bond acceptors (Lipinski definition) is 7. The number of benzene rings is 2. The lowest BCUT2D eigenvalue weighted by Gasteiger charge is -2.32. The summed E-state index contributed by atoms with van der Waals surface area (Å²) >= 11 is 0. The Bertz CT molecular complexity index is 1440. The van der Waals surface area contributed by atoms with E-state index in [0.29, 0.717) is 46.4 Å². The monoisotopic (exact) mass is 547 g/mol. The Balaban J connectivity index is 1.25. The number of piperazine rings is 1. The number of aromatic amines is 1. The van der Waals surface area contributed by atoms with Crippen molar-refractivity contribution in [2.45, 2.75) is 19.4 Å². The summed E-state index contributed by atoms with van der Waals surface area (Å²) in [5.74, 6) is 0.242. The maximum absolute atomic E-state index is 14.8. The Morgan fingerprint density at radius 1 is 0.975 bits per heavy atom. The number of halogens is 2. The van der Waals surface area contributed by atoms with Gasteiger partial charge in [-0.25, -0.2) is 8.78 Å². The number of rotatable bonds is 8. The van der Waals surface area contributed by atoms with Gasteiger partial charge in [0.1, 0.15) is 23.1 Å². The number of fused-ring (bicyclic) bond motifs is 1. The number of ether oxygens (including phenoxy) is 1. The number of nitrogens with zero attached hydrogens (tertiary/aromatic N) is 4. The average molecular weight is 548 g/mol. The molecule has 2 saturated heterocycles. The smallest absolute Gasteiger partial charge is 0.231 e. The number of nitrogens with one attached hydrogen (secondary N) is 3. The topological polar surface area (TPSA) is 81.3 Å². The summed E-state index contributed by atoms with van der Waals surface area (Å²) in [6.45, 7) is 7.49. The van der Waals surface area contributed by atoms with E-state index in [1.807, 2.05) is 12.1 Å². The van der Waals surface area contributed by atoms with Gasteiger partial charge in [0.2, 0.25) is 5.95 Å². The first-order valence-electron chi connectivity index (χ1n) is 13.9. The molecule has 2 aromatic carbocycles. The van der Waals surface area contributed by atoms with Gasteiger partial charge < -0.3 is 25.3 Å². The van der Waals surface area contributed by atoms with Crippen molar-refractivity contribution in [2.75, 3.05) is 63.6 Å². The normalized spacial score (nSPS) is 17.4. The molecule has 40 heavy (non-hydrogen) atoms. The summed E-state index contributed by atoms with van der Waals surface area (Å²) in [4.78, 5) is 17.5. The first-order chi connectivity index (χ1) is 19.5. The van der Waals surface area contributed by atoms with Crippen LogP contribution >= 0.6 is 0 Å². The molecule has 2 aliphatic heterocycles. The van der Waals surface area contributed by atoms with Crippen LogP contribution in [-0.2, 0) is 11.3 Å². The second-order valence-corrected chi connectivity index (χ2v) is 10.8. The van der Waals surface area contributed by atoms with Gasteiger partial charge in [0.15, 0.2) is 0 Å². The highest BCUT2D eigenvalue weighted by molar-refractivity contribution is 6.01. The van der Waals surface area contributed by atoms with Crippen molar-refractivity contribution in [2.24, 2.45) is 5.92 Å². The van der Waals surface area contributed by atoms with Crippen molar-refractivity contribution in [3.8, 4) is 11.1 Å². The molecule has 0 bridgehead atoms. The molecule has 3 N–H and O–H groups in total. The van der Waals surface area contributed by atoms with Crippen LogP contribution in [0, 0.1) is 17.6 Å². The molecule has 2 aromatic heterocycles. The van der Waals surface area contributed by atoms with Gasteiger partial charge in [0.25, 0.3) is 0 Å². The zero-order valence-corrected chi connectivity index (χ0v) is 22.7. The molecular weight excluding hydrogens is 512 g/mol. The summed E-state index contributed by atoms with van der Waals surface area (Å²) in [7, 11) is 2.16. The van der Waals surface area contributed by atoms with Crippen LogP contribution in [-0.4, -0.2) is 77.7 Å². The molecule has 0 radical (unpaired) electrons. The average Bonchev–Trinajstić information content (AvgIpc) is 3.38. The predicted octanol–water partition coefficient (Wildman–Crippen LogP) is 5.23. The molecule has 0 aliphatic carbocycles. The minimum absolute atomic E-state index is 0.294. The van der Waals surface area contributed by atoms with Crippen molar-refractivity contribution in [3.63, 3.8) is 0 Å². The van der Waals surface area contributed by atoms with Crippen molar-refractivity contribution in [1.29, 1.82) is 0 Å². The maximum atomic E-state index is 14.8. The van der Waals surface area contributed by atoms with Crippen molar-refractivity contribution in [1.82, 2.24) is 24.8 Å². The van der Waals surface area contributed by atoms with Crippen LogP contribution in [0.15, 0.2) is 48.7 Å². The molecule has 6 rings (SSSR count). The highest BCUT2D eigenvalue weighted by Crippen LogP contribution is 2.35. The summed E-state index contributed by atoms with van der Waals surface area (Å²) in [6, 6.07) is 12.0. The van der Waals surface area contributed by atoms with Crippen LogP contribution in [0.1, 0.15) is 18.4 Å². The van der Waals surface area contributed by atoms with Gasteiger partial charge in [-0.3, -0.25) is 4.90 Å². The van der Waals surface area contributed by atoms with Crippen LogP contribution < -0.4 is 10.6 Å². The summed E-state index contributed by atoms with van der Waals surface area (Å²) in [5, 5.41) is 7.50. The Morgan fingerprint density at radius 2 is 1.75 bits per heavy atom. The van der Waals surface area contributed by atoms with Gasteiger partial charge in [-0.05, 0) is 55.6 Å². The van der Waals surface area contributed by atoms with E-state index >= 15 is 0 Å². The summed E-state index contributed by atoms with van der Waals surface area (Å²) in [5.41, 5.74) is 3.59. The zero-order chi connectivity index (χ0) is 27.5.